The first kappa shape index (κ1) is 9.09. The summed E-state index contributed by atoms with van der Waals surface area (Å²) in [5, 5.41) is 0. The molecule has 1 aliphatic heterocycles. The Balaban J connectivity index is 2.90. The number of hydrogen-bond acceptors (Lipinski definition) is 2. The maximum atomic E-state index is 12.2. The molecule has 0 saturated carbocycles. The zero-order chi connectivity index (χ0) is 9.35. The Bertz CT molecular complexity index is 229. The van der Waals surface area contributed by atoms with Crippen LogP contribution in [-0.4, -0.2) is 30.5 Å². The standard InChI is InChI=1S/C7H9F3N2/c1-5-11-4-3-6(12(5)2)7(8,9)10/h3-5H,1-2H3. The molecule has 0 spiro atoms. The van der Waals surface area contributed by atoms with Crippen LogP contribution in [0.1, 0.15) is 6.92 Å². The van der Waals surface area contributed by atoms with Gasteiger partial charge in [0.2, 0.25) is 0 Å². The van der Waals surface area contributed by atoms with Crippen LogP contribution < -0.4 is 0 Å². The van der Waals surface area contributed by atoms with E-state index in [0.29, 0.717) is 0 Å². The molecule has 0 N–H and O–H groups in total. The van der Waals surface area contributed by atoms with Crippen LogP contribution in [0.5, 0.6) is 0 Å². The Labute approximate surface area is 68.4 Å². The van der Waals surface area contributed by atoms with Gasteiger partial charge in [-0.25, -0.2) is 0 Å². The lowest BCUT2D eigenvalue weighted by Crippen LogP contribution is -2.36. The molecule has 1 unspecified atom stereocenters. The first-order chi connectivity index (χ1) is 5.43. The SMILES string of the molecule is CC1N=CC=C(C(F)(F)F)N1C. The molecule has 0 radical (unpaired) electrons. The summed E-state index contributed by atoms with van der Waals surface area (Å²) in [4.78, 5) is 4.90. The van der Waals surface area contributed by atoms with Crippen molar-refractivity contribution in [3.63, 3.8) is 0 Å². The normalized spacial score (nSPS) is 24.2. The van der Waals surface area contributed by atoms with Gasteiger partial charge in [0.05, 0.1) is 0 Å². The molecule has 1 atom stereocenters. The van der Waals surface area contributed by atoms with E-state index in [9.17, 15) is 13.2 Å². The fourth-order valence-electron chi connectivity index (χ4n) is 0.952. The minimum absolute atomic E-state index is 0.438. The molecule has 0 aromatic heterocycles. The monoisotopic (exact) mass is 178 g/mol. The van der Waals surface area contributed by atoms with E-state index < -0.39 is 18.0 Å². The minimum Gasteiger partial charge on any atom is -0.349 e. The van der Waals surface area contributed by atoms with Crippen molar-refractivity contribution in [2.24, 2.45) is 4.99 Å². The number of allylic oxidation sites excluding steroid dienone is 2. The summed E-state index contributed by atoms with van der Waals surface area (Å²) in [6, 6.07) is 0. The second-order valence-corrected chi connectivity index (χ2v) is 2.59. The molecule has 0 fully saturated rings. The number of hydrogen-bond donors (Lipinski definition) is 0. The van der Waals surface area contributed by atoms with Crippen molar-refractivity contribution in [2.75, 3.05) is 7.05 Å². The van der Waals surface area contributed by atoms with Gasteiger partial charge in [-0.1, -0.05) is 0 Å². The van der Waals surface area contributed by atoms with Gasteiger partial charge in [-0.2, -0.15) is 13.2 Å². The first-order valence-electron chi connectivity index (χ1n) is 3.46. The van der Waals surface area contributed by atoms with E-state index in [1.807, 2.05) is 0 Å². The largest absolute Gasteiger partial charge is 0.431 e. The zero-order valence-electron chi connectivity index (χ0n) is 6.76. The van der Waals surface area contributed by atoms with E-state index >= 15 is 0 Å². The summed E-state index contributed by atoms with van der Waals surface area (Å²) >= 11 is 0. The molecule has 68 valence electrons. The van der Waals surface area contributed by atoms with Gasteiger partial charge in [0.25, 0.3) is 0 Å². The van der Waals surface area contributed by atoms with E-state index in [1.54, 1.807) is 6.92 Å². The lowest BCUT2D eigenvalue weighted by molar-refractivity contribution is -0.112. The van der Waals surface area contributed by atoms with Crippen LogP contribution >= 0.6 is 0 Å². The second kappa shape index (κ2) is 2.80. The lowest BCUT2D eigenvalue weighted by atomic mass is 10.3. The molecule has 1 aliphatic rings. The second-order valence-electron chi connectivity index (χ2n) is 2.59. The molecule has 5 heteroatoms. The first-order valence-corrected chi connectivity index (χ1v) is 3.46. The van der Waals surface area contributed by atoms with Crippen molar-refractivity contribution in [3.05, 3.63) is 11.8 Å². The quantitative estimate of drug-likeness (QED) is 0.552. The number of rotatable bonds is 0. The van der Waals surface area contributed by atoms with Gasteiger partial charge in [-0.05, 0) is 13.0 Å². The highest BCUT2D eigenvalue weighted by Crippen LogP contribution is 2.29. The van der Waals surface area contributed by atoms with Crippen molar-refractivity contribution < 1.29 is 13.2 Å². The van der Waals surface area contributed by atoms with E-state index in [4.69, 9.17) is 0 Å². The van der Waals surface area contributed by atoms with Crippen LogP contribution in [0.15, 0.2) is 16.8 Å². The zero-order valence-corrected chi connectivity index (χ0v) is 6.76. The minimum atomic E-state index is -4.28. The highest BCUT2D eigenvalue weighted by atomic mass is 19.4. The molecule has 0 aromatic carbocycles. The van der Waals surface area contributed by atoms with E-state index in [1.165, 1.54) is 13.3 Å². The third-order valence-corrected chi connectivity index (χ3v) is 1.77. The number of nitrogens with zero attached hydrogens (tertiary/aromatic N) is 2. The fraction of sp³-hybridized carbons (Fsp3) is 0.571. The molecular weight excluding hydrogens is 169 g/mol. The predicted octanol–water partition coefficient (Wildman–Crippen LogP) is 1.79. The van der Waals surface area contributed by atoms with Crippen molar-refractivity contribution >= 4 is 6.21 Å². The van der Waals surface area contributed by atoms with Gasteiger partial charge in [-0.15, -0.1) is 0 Å². The molecule has 0 saturated heterocycles. The Morgan fingerprint density at radius 1 is 1.50 bits per heavy atom. The third-order valence-electron chi connectivity index (χ3n) is 1.77. The summed E-state index contributed by atoms with van der Waals surface area (Å²) < 4.78 is 36.6. The fourth-order valence-corrected chi connectivity index (χ4v) is 0.952. The highest BCUT2D eigenvalue weighted by molar-refractivity contribution is 5.73. The summed E-state index contributed by atoms with van der Waals surface area (Å²) in [6.07, 6.45) is -2.56. The molecule has 1 rings (SSSR count). The number of alkyl halides is 3. The molecule has 0 amide bonds. The van der Waals surface area contributed by atoms with Crippen LogP contribution in [0.2, 0.25) is 0 Å². The average Bonchev–Trinajstić information content (AvgIpc) is 1.92. The molecule has 1 heterocycles. The predicted molar refractivity (Wildman–Crippen MR) is 39.9 cm³/mol. The van der Waals surface area contributed by atoms with E-state index in [0.717, 1.165) is 11.0 Å². The molecule has 2 nitrogen and oxygen atoms in total. The van der Waals surface area contributed by atoms with Crippen molar-refractivity contribution in [2.45, 2.75) is 19.3 Å². The van der Waals surface area contributed by atoms with Gasteiger partial charge in [-0.3, -0.25) is 4.99 Å². The Kier molecular flexibility index (Phi) is 2.12. The summed E-state index contributed by atoms with van der Waals surface area (Å²) in [7, 11) is 1.38. The van der Waals surface area contributed by atoms with Crippen molar-refractivity contribution in [1.29, 1.82) is 0 Å². The summed E-state index contributed by atoms with van der Waals surface area (Å²) in [6.45, 7) is 1.61. The average molecular weight is 178 g/mol. The third kappa shape index (κ3) is 1.60. The maximum Gasteiger partial charge on any atom is 0.431 e. The Morgan fingerprint density at radius 2 is 2.08 bits per heavy atom. The molecule has 0 aromatic rings. The van der Waals surface area contributed by atoms with Gasteiger partial charge >= 0.3 is 6.18 Å². The van der Waals surface area contributed by atoms with Crippen LogP contribution in [-0.2, 0) is 0 Å². The highest BCUT2D eigenvalue weighted by Gasteiger charge is 2.38. The maximum absolute atomic E-state index is 12.2. The topological polar surface area (TPSA) is 15.6 Å². The van der Waals surface area contributed by atoms with Crippen LogP contribution in [0.4, 0.5) is 13.2 Å². The van der Waals surface area contributed by atoms with Gasteiger partial charge in [0.15, 0.2) is 0 Å². The van der Waals surface area contributed by atoms with Crippen LogP contribution in [0.25, 0.3) is 0 Å². The van der Waals surface area contributed by atoms with Gasteiger partial charge in [0.1, 0.15) is 11.9 Å². The molecule has 0 aliphatic carbocycles. The summed E-state index contributed by atoms with van der Waals surface area (Å²) in [5.41, 5.74) is -0.648. The molecular formula is C7H9F3N2. The lowest BCUT2D eigenvalue weighted by Gasteiger charge is -2.29. The van der Waals surface area contributed by atoms with Crippen LogP contribution in [0.3, 0.4) is 0 Å². The Morgan fingerprint density at radius 3 is 2.50 bits per heavy atom. The smallest absolute Gasteiger partial charge is 0.349 e. The number of aliphatic imine (C=N–C) groups is 1. The van der Waals surface area contributed by atoms with Gasteiger partial charge in [0, 0.05) is 13.3 Å². The van der Waals surface area contributed by atoms with Crippen molar-refractivity contribution in [1.82, 2.24) is 4.90 Å². The molecule has 12 heavy (non-hydrogen) atoms. The number of halogens is 3. The van der Waals surface area contributed by atoms with Crippen LogP contribution in [0, 0.1) is 0 Å². The summed E-state index contributed by atoms with van der Waals surface area (Å²) in [5.74, 6) is 0. The van der Waals surface area contributed by atoms with Gasteiger partial charge < -0.3 is 4.90 Å². The van der Waals surface area contributed by atoms with Crippen molar-refractivity contribution in [3.8, 4) is 0 Å². The molecule has 0 bridgehead atoms. The Hall–Kier alpha value is -1.00. The van der Waals surface area contributed by atoms with E-state index in [2.05, 4.69) is 4.99 Å². The van der Waals surface area contributed by atoms with E-state index in [-0.39, 0.29) is 0 Å².